The van der Waals surface area contributed by atoms with Gasteiger partial charge in [0.15, 0.2) is 11.6 Å². The lowest BCUT2D eigenvalue weighted by molar-refractivity contribution is -0.123. The number of hydrogen-bond acceptors (Lipinski definition) is 2. The van der Waals surface area contributed by atoms with Gasteiger partial charge in [-0.15, -0.1) is 0 Å². The van der Waals surface area contributed by atoms with Gasteiger partial charge in [-0.25, -0.2) is 4.39 Å². The monoisotopic (exact) mass is 250 g/mol. The molecule has 1 aliphatic rings. The van der Waals surface area contributed by atoms with Crippen LogP contribution >= 0.6 is 0 Å². The van der Waals surface area contributed by atoms with Crippen molar-refractivity contribution >= 4 is 5.78 Å². The summed E-state index contributed by atoms with van der Waals surface area (Å²) < 4.78 is 18.7. The van der Waals surface area contributed by atoms with Crippen molar-refractivity contribution in [3.8, 4) is 5.75 Å². The van der Waals surface area contributed by atoms with Gasteiger partial charge in [0.25, 0.3) is 0 Å². The summed E-state index contributed by atoms with van der Waals surface area (Å²) in [6.45, 7) is 1.62. The summed E-state index contributed by atoms with van der Waals surface area (Å²) in [4.78, 5) is 12.0. The molecule has 2 rings (SSSR count). The van der Waals surface area contributed by atoms with Crippen LogP contribution < -0.4 is 4.74 Å². The predicted octanol–water partition coefficient (Wildman–Crippen LogP) is 3.63. The number of carbonyl (C=O) groups excluding carboxylic acids is 1. The van der Waals surface area contributed by atoms with Crippen LogP contribution in [0.1, 0.15) is 44.6 Å². The fourth-order valence-electron chi connectivity index (χ4n) is 2.96. The maximum atomic E-state index is 13.8. The summed E-state index contributed by atoms with van der Waals surface area (Å²) in [6, 6.07) is 4.91. The van der Waals surface area contributed by atoms with Crippen LogP contribution in [0.15, 0.2) is 18.2 Å². The molecular formula is C15H19FO2. The van der Waals surface area contributed by atoms with Crippen LogP contribution in [0, 0.1) is 5.82 Å². The zero-order valence-corrected chi connectivity index (χ0v) is 11.0. The Morgan fingerprint density at radius 2 is 1.94 bits per heavy atom. The molecule has 0 bridgehead atoms. The van der Waals surface area contributed by atoms with Crippen molar-refractivity contribution in [2.75, 3.05) is 7.11 Å². The highest BCUT2D eigenvalue weighted by atomic mass is 19.1. The average molecular weight is 250 g/mol. The van der Waals surface area contributed by atoms with Crippen LogP contribution in [0.4, 0.5) is 4.39 Å². The fourth-order valence-corrected chi connectivity index (χ4v) is 2.96. The van der Waals surface area contributed by atoms with Gasteiger partial charge in [-0.2, -0.15) is 0 Å². The molecule has 18 heavy (non-hydrogen) atoms. The van der Waals surface area contributed by atoms with E-state index in [4.69, 9.17) is 4.74 Å². The van der Waals surface area contributed by atoms with Crippen LogP contribution in [-0.2, 0) is 10.2 Å². The van der Waals surface area contributed by atoms with E-state index in [2.05, 4.69) is 0 Å². The molecule has 0 atom stereocenters. The highest BCUT2D eigenvalue weighted by Gasteiger charge is 2.38. The standard InChI is InChI=1S/C15H19FO2/c1-11(17)15(8-4-3-5-9-15)12-6-7-14(18-2)13(16)10-12/h6-7,10H,3-5,8-9H2,1-2H3. The lowest BCUT2D eigenvalue weighted by atomic mass is 9.67. The number of ketones is 1. The van der Waals surface area contributed by atoms with Gasteiger partial charge < -0.3 is 4.74 Å². The fraction of sp³-hybridized carbons (Fsp3) is 0.533. The molecule has 0 aliphatic heterocycles. The average Bonchev–Trinajstić information content (AvgIpc) is 2.39. The maximum Gasteiger partial charge on any atom is 0.165 e. The van der Waals surface area contributed by atoms with Gasteiger partial charge in [-0.3, -0.25) is 4.79 Å². The summed E-state index contributed by atoms with van der Waals surface area (Å²) in [5, 5.41) is 0. The number of methoxy groups -OCH3 is 1. The van der Waals surface area contributed by atoms with Crippen molar-refractivity contribution in [1.29, 1.82) is 0 Å². The number of benzene rings is 1. The number of carbonyl (C=O) groups is 1. The van der Waals surface area contributed by atoms with Crippen LogP contribution in [0.5, 0.6) is 5.75 Å². The van der Waals surface area contributed by atoms with E-state index in [0.29, 0.717) is 0 Å². The zero-order valence-electron chi connectivity index (χ0n) is 11.0. The van der Waals surface area contributed by atoms with E-state index in [-0.39, 0.29) is 17.3 Å². The quantitative estimate of drug-likeness (QED) is 0.819. The van der Waals surface area contributed by atoms with Gasteiger partial charge in [-0.1, -0.05) is 25.3 Å². The Kier molecular flexibility index (Phi) is 3.69. The molecule has 1 saturated carbocycles. The molecule has 0 unspecified atom stereocenters. The van der Waals surface area contributed by atoms with Gasteiger partial charge in [-0.05, 0) is 37.5 Å². The first kappa shape index (κ1) is 13.1. The second kappa shape index (κ2) is 5.09. The molecule has 0 heterocycles. The normalized spacial score (nSPS) is 18.4. The summed E-state index contributed by atoms with van der Waals surface area (Å²) in [5.41, 5.74) is 0.318. The maximum absolute atomic E-state index is 13.8. The van der Waals surface area contributed by atoms with E-state index in [1.54, 1.807) is 13.0 Å². The molecule has 0 amide bonds. The first-order valence-electron chi connectivity index (χ1n) is 6.45. The van der Waals surface area contributed by atoms with Crippen molar-refractivity contribution in [3.05, 3.63) is 29.6 Å². The minimum absolute atomic E-state index is 0.145. The molecule has 2 nitrogen and oxygen atoms in total. The van der Waals surface area contributed by atoms with E-state index in [9.17, 15) is 9.18 Å². The van der Waals surface area contributed by atoms with Gasteiger partial charge >= 0.3 is 0 Å². The lowest BCUT2D eigenvalue weighted by Crippen LogP contribution is -2.36. The van der Waals surface area contributed by atoms with Gasteiger partial charge in [0.1, 0.15) is 5.78 Å². The Morgan fingerprint density at radius 1 is 1.28 bits per heavy atom. The summed E-state index contributed by atoms with van der Waals surface area (Å²) in [6.07, 6.45) is 4.89. The molecular weight excluding hydrogens is 231 g/mol. The molecule has 1 fully saturated rings. The molecule has 98 valence electrons. The van der Waals surface area contributed by atoms with Crippen molar-refractivity contribution in [2.24, 2.45) is 0 Å². The molecule has 0 N–H and O–H groups in total. The number of rotatable bonds is 3. The zero-order chi connectivity index (χ0) is 13.2. The van der Waals surface area contributed by atoms with Gasteiger partial charge in [0, 0.05) is 0 Å². The van der Waals surface area contributed by atoms with Gasteiger partial charge in [0.2, 0.25) is 0 Å². The van der Waals surface area contributed by atoms with Crippen molar-refractivity contribution in [1.82, 2.24) is 0 Å². The molecule has 1 aromatic rings. The van der Waals surface area contributed by atoms with E-state index in [1.165, 1.54) is 13.2 Å². The Morgan fingerprint density at radius 3 is 2.44 bits per heavy atom. The van der Waals surface area contributed by atoms with Crippen LogP contribution in [-0.4, -0.2) is 12.9 Å². The molecule has 0 saturated heterocycles. The second-order valence-corrected chi connectivity index (χ2v) is 5.05. The minimum Gasteiger partial charge on any atom is -0.494 e. The molecule has 0 spiro atoms. The molecule has 1 aliphatic carbocycles. The summed E-state index contributed by atoms with van der Waals surface area (Å²) in [7, 11) is 1.44. The van der Waals surface area contributed by atoms with Crippen LogP contribution in [0.3, 0.4) is 0 Å². The molecule has 0 aromatic heterocycles. The Bertz CT molecular complexity index is 448. The highest BCUT2D eigenvalue weighted by molar-refractivity contribution is 5.88. The second-order valence-electron chi connectivity index (χ2n) is 5.05. The Hall–Kier alpha value is -1.38. The van der Waals surface area contributed by atoms with Crippen LogP contribution in [0.25, 0.3) is 0 Å². The highest BCUT2D eigenvalue weighted by Crippen LogP contribution is 2.41. The Balaban J connectivity index is 2.43. The third-order valence-corrected chi connectivity index (χ3v) is 4.09. The summed E-state index contributed by atoms with van der Waals surface area (Å²) >= 11 is 0. The largest absolute Gasteiger partial charge is 0.494 e. The third kappa shape index (κ3) is 2.14. The van der Waals surface area contributed by atoms with E-state index in [0.717, 1.165) is 37.7 Å². The first-order chi connectivity index (χ1) is 8.60. The van der Waals surface area contributed by atoms with Crippen molar-refractivity contribution in [2.45, 2.75) is 44.4 Å². The number of hydrogen-bond donors (Lipinski definition) is 0. The topological polar surface area (TPSA) is 26.3 Å². The number of ether oxygens (including phenoxy) is 1. The third-order valence-electron chi connectivity index (χ3n) is 4.09. The van der Waals surface area contributed by atoms with Crippen LogP contribution in [0.2, 0.25) is 0 Å². The lowest BCUT2D eigenvalue weighted by Gasteiger charge is -2.35. The van der Waals surface area contributed by atoms with Gasteiger partial charge in [0.05, 0.1) is 12.5 Å². The molecule has 1 aromatic carbocycles. The minimum atomic E-state index is -0.481. The Labute approximate surface area is 107 Å². The molecule has 3 heteroatoms. The number of halogens is 1. The number of Topliss-reactive ketones (excluding diaryl/α,β-unsaturated/α-hetero) is 1. The summed E-state index contributed by atoms with van der Waals surface area (Å²) in [5.74, 6) is -0.0128. The SMILES string of the molecule is COc1ccc(C2(C(C)=O)CCCCC2)cc1F. The molecule has 0 radical (unpaired) electrons. The smallest absolute Gasteiger partial charge is 0.165 e. The van der Waals surface area contributed by atoms with E-state index in [1.807, 2.05) is 6.07 Å². The van der Waals surface area contributed by atoms with Crippen molar-refractivity contribution in [3.63, 3.8) is 0 Å². The predicted molar refractivity (Wildman–Crippen MR) is 68.4 cm³/mol. The van der Waals surface area contributed by atoms with Crippen molar-refractivity contribution < 1.29 is 13.9 Å². The van der Waals surface area contributed by atoms with E-state index >= 15 is 0 Å². The first-order valence-corrected chi connectivity index (χ1v) is 6.45. The van der Waals surface area contributed by atoms with E-state index < -0.39 is 5.41 Å².